The van der Waals surface area contributed by atoms with E-state index in [1.165, 1.54) is 13.1 Å². The molecule has 0 unspecified atom stereocenters. The third-order valence-corrected chi connectivity index (χ3v) is 4.07. The molecule has 80 valence electrons. The Hall–Kier alpha value is -1.23. The van der Waals surface area contributed by atoms with Gasteiger partial charge in [0, 0.05) is 23.9 Å². The van der Waals surface area contributed by atoms with Crippen LogP contribution in [0.25, 0.3) is 0 Å². The van der Waals surface area contributed by atoms with E-state index in [-0.39, 0.29) is 17.3 Å². The summed E-state index contributed by atoms with van der Waals surface area (Å²) in [6.07, 6.45) is 1.97. The van der Waals surface area contributed by atoms with E-state index >= 15 is 0 Å². The van der Waals surface area contributed by atoms with Gasteiger partial charge in [-0.05, 0) is 18.6 Å². The van der Waals surface area contributed by atoms with Gasteiger partial charge < -0.3 is 0 Å². The van der Waals surface area contributed by atoms with Gasteiger partial charge in [-0.3, -0.25) is 9.78 Å². The van der Waals surface area contributed by atoms with E-state index in [1.54, 1.807) is 6.07 Å². The number of fused-ring (bicyclic) bond motifs is 1. The van der Waals surface area contributed by atoms with Crippen molar-refractivity contribution in [2.45, 2.75) is 19.1 Å². The summed E-state index contributed by atoms with van der Waals surface area (Å²) in [6.45, 7) is 1.45. The SMILES string of the molecule is CC(=O)c1cnc2c(c1)CS(=O)(=O)CC2. The zero-order chi connectivity index (χ0) is 11.1. The van der Waals surface area contributed by atoms with Crippen LogP contribution in [-0.4, -0.2) is 24.9 Å². The second kappa shape index (κ2) is 3.41. The Bertz CT molecular complexity index is 519. The Labute approximate surface area is 88.3 Å². The van der Waals surface area contributed by atoms with Crippen LogP contribution in [0.5, 0.6) is 0 Å². The van der Waals surface area contributed by atoms with Gasteiger partial charge in [-0.1, -0.05) is 0 Å². The minimum Gasteiger partial charge on any atom is -0.294 e. The number of carbonyl (C=O) groups is 1. The summed E-state index contributed by atoms with van der Waals surface area (Å²) < 4.78 is 22.8. The fraction of sp³-hybridized carbons (Fsp3) is 0.400. The molecule has 15 heavy (non-hydrogen) atoms. The quantitative estimate of drug-likeness (QED) is 0.662. The third kappa shape index (κ3) is 2.07. The van der Waals surface area contributed by atoms with Crippen LogP contribution in [0.3, 0.4) is 0 Å². The van der Waals surface area contributed by atoms with Gasteiger partial charge in [0.1, 0.15) is 0 Å². The highest BCUT2D eigenvalue weighted by Gasteiger charge is 2.22. The molecule has 0 bridgehead atoms. The van der Waals surface area contributed by atoms with E-state index in [0.29, 0.717) is 17.5 Å². The Morgan fingerprint density at radius 1 is 1.47 bits per heavy atom. The molecule has 0 N–H and O–H groups in total. The maximum absolute atomic E-state index is 11.4. The highest BCUT2D eigenvalue weighted by Crippen LogP contribution is 2.19. The fourth-order valence-electron chi connectivity index (χ4n) is 1.64. The van der Waals surface area contributed by atoms with Gasteiger partial charge in [0.05, 0.1) is 11.5 Å². The lowest BCUT2D eigenvalue weighted by Gasteiger charge is -2.15. The van der Waals surface area contributed by atoms with Crippen molar-refractivity contribution in [3.8, 4) is 0 Å². The van der Waals surface area contributed by atoms with Crippen molar-refractivity contribution in [3.05, 3.63) is 29.1 Å². The molecule has 0 fully saturated rings. The first-order valence-electron chi connectivity index (χ1n) is 4.67. The molecule has 0 atom stereocenters. The topological polar surface area (TPSA) is 64.1 Å². The van der Waals surface area contributed by atoms with Crippen LogP contribution >= 0.6 is 0 Å². The Balaban J connectivity index is 2.48. The molecular weight excluding hydrogens is 214 g/mol. The van der Waals surface area contributed by atoms with Crippen LogP contribution in [0.15, 0.2) is 12.3 Å². The van der Waals surface area contributed by atoms with Crippen molar-refractivity contribution in [2.24, 2.45) is 0 Å². The number of hydrogen-bond donors (Lipinski definition) is 0. The highest BCUT2D eigenvalue weighted by molar-refractivity contribution is 7.90. The number of Topliss-reactive ketones (excluding diaryl/α,β-unsaturated/α-hetero) is 1. The van der Waals surface area contributed by atoms with Crippen LogP contribution in [0.2, 0.25) is 0 Å². The highest BCUT2D eigenvalue weighted by atomic mass is 32.2. The maximum atomic E-state index is 11.4. The van der Waals surface area contributed by atoms with Gasteiger partial charge in [0.25, 0.3) is 0 Å². The summed E-state index contributed by atoms with van der Waals surface area (Å²) in [5.74, 6) is 0.0800. The number of hydrogen-bond acceptors (Lipinski definition) is 4. The summed E-state index contributed by atoms with van der Waals surface area (Å²) in [4.78, 5) is 15.2. The first-order valence-corrected chi connectivity index (χ1v) is 6.49. The lowest BCUT2D eigenvalue weighted by atomic mass is 10.1. The number of sulfone groups is 1. The number of carbonyl (C=O) groups excluding carboxylic acids is 1. The molecule has 4 nitrogen and oxygen atoms in total. The number of pyridine rings is 1. The number of aryl methyl sites for hydroxylation is 1. The van der Waals surface area contributed by atoms with Crippen molar-refractivity contribution in [2.75, 3.05) is 5.75 Å². The van der Waals surface area contributed by atoms with E-state index in [0.717, 1.165) is 5.69 Å². The number of ketones is 1. The Morgan fingerprint density at radius 2 is 2.20 bits per heavy atom. The molecule has 1 aromatic heterocycles. The molecule has 2 rings (SSSR count). The zero-order valence-corrected chi connectivity index (χ0v) is 9.17. The standard InChI is InChI=1S/C10H11NO3S/c1-7(12)8-4-9-6-15(13,14)3-2-10(9)11-5-8/h4-5H,2-3,6H2,1H3. The molecular formula is C10H11NO3S. The molecule has 0 aromatic carbocycles. The normalized spacial score (nSPS) is 18.2. The van der Waals surface area contributed by atoms with Crippen LogP contribution in [0.4, 0.5) is 0 Å². The third-order valence-electron chi connectivity index (χ3n) is 2.49. The van der Waals surface area contributed by atoms with Crippen molar-refractivity contribution in [1.82, 2.24) is 4.98 Å². The second-order valence-corrected chi connectivity index (χ2v) is 5.91. The molecule has 0 saturated carbocycles. The maximum Gasteiger partial charge on any atom is 0.161 e. The average Bonchev–Trinajstić information content (AvgIpc) is 2.15. The molecule has 0 radical (unpaired) electrons. The lowest BCUT2D eigenvalue weighted by molar-refractivity contribution is 0.101. The van der Waals surface area contributed by atoms with E-state index < -0.39 is 9.84 Å². The van der Waals surface area contributed by atoms with Gasteiger partial charge in [-0.25, -0.2) is 8.42 Å². The molecule has 2 heterocycles. The largest absolute Gasteiger partial charge is 0.294 e. The van der Waals surface area contributed by atoms with Gasteiger partial charge >= 0.3 is 0 Å². The summed E-state index contributed by atoms with van der Waals surface area (Å²) in [7, 11) is -2.99. The first kappa shape index (κ1) is 10.3. The Morgan fingerprint density at radius 3 is 2.87 bits per heavy atom. The minimum absolute atomic E-state index is 0.0104. The van der Waals surface area contributed by atoms with E-state index in [4.69, 9.17) is 0 Å². The molecule has 1 aliphatic rings. The first-order chi connectivity index (χ1) is 6.98. The van der Waals surface area contributed by atoms with Crippen LogP contribution in [0, 0.1) is 0 Å². The van der Waals surface area contributed by atoms with Crippen LogP contribution in [-0.2, 0) is 22.0 Å². The van der Waals surface area contributed by atoms with Crippen molar-refractivity contribution >= 4 is 15.6 Å². The van der Waals surface area contributed by atoms with Crippen molar-refractivity contribution < 1.29 is 13.2 Å². The summed E-state index contributed by atoms with van der Waals surface area (Å²) in [5.41, 5.74) is 1.95. The summed E-state index contributed by atoms with van der Waals surface area (Å²) >= 11 is 0. The van der Waals surface area contributed by atoms with Gasteiger partial charge in [0.2, 0.25) is 0 Å². The van der Waals surface area contributed by atoms with E-state index in [9.17, 15) is 13.2 Å². The van der Waals surface area contributed by atoms with Gasteiger partial charge in [-0.2, -0.15) is 0 Å². The minimum atomic E-state index is -2.99. The van der Waals surface area contributed by atoms with E-state index in [1.807, 2.05) is 0 Å². The second-order valence-electron chi connectivity index (χ2n) is 3.73. The summed E-state index contributed by atoms with van der Waals surface area (Å²) in [5, 5.41) is 0. The predicted octanol–water partition coefficient (Wildman–Crippen LogP) is 0.755. The molecule has 5 heteroatoms. The lowest BCUT2D eigenvalue weighted by Crippen LogP contribution is -2.20. The predicted molar refractivity (Wildman–Crippen MR) is 55.4 cm³/mol. The molecule has 1 aromatic rings. The van der Waals surface area contributed by atoms with Gasteiger partial charge in [-0.15, -0.1) is 0 Å². The molecule has 0 aliphatic carbocycles. The molecule has 1 aliphatic heterocycles. The number of nitrogens with zero attached hydrogens (tertiary/aromatic N) is 1. The Kier molecular flexibility index (Phi) is 2.34. The van der Waals surface area contributed by atoms with E-state index in [2.05, 4.69) is 4.98 Å². The van der Waals surface area contributed by atoms with Crippen LogP contribution in [0.1, 0.15) is 28.5 Å². The molecule has 0 amide bonds. The van der Waals surface area contributed by atoms with Crippen molar-refractivity contribution in [3.63, 3.8) is 0 Å². The number of aromatic nitrogens is 1. The summed E-state index contributed by atoms with van der Waals surface area (Å²) in [6, 6.07) is 1.64. The van der Waals surface area contributed by atoms with Crippen molar-refractivity contribution in [1.29, 1.82) is 0 Å². The van der Waals surface area contributed by atoms with Gasteiger partial charge in [0.15, 0.2) is 15.6 Å². The number of rotatable bonds is 1. The molecule has 0 spiro atoms. The molecule has 0 saturated heterocycles. The fourth-order valence-corrected chi connectivity index (χ4v) is 3.02. The van der Waals surface area contributed by atoms with Crippen LogP contribution < -0.4 is 0 Å². The monoisotopic (exact) mass is 225 g/mol. The average molecular weight is 225 g/mol. The smallest absolute Gasteiger partial charge is 0.161 e. The zero-order valence-electron chi connectivity index (χ0n) is 8.36.